The molecule has 0 radical (unpaired) electrons. The van der Waals surface area contributed by atoms with Crippen LogP contribution >= 0.6 is 11.6 Å². The number of aryl methyl sites for hydroxylation is 1. The highest BCUT2D eigenvalue weighted by Crippen LogP contribution is 2.21. The third kappa shape index (κ3) is 5.94. The second kappa shape index (κ2) is 7.57. The van der Waals surface area contributed by atoms with E-state index in [1.54, 1.807) is 0 Å². The van der Waals surface area contributed by atoms with Crippen molar-refractivity contribution in [1.82, 2.24) is 5.32 Å². The number of halogens is 1. The van der Waals surface area contributed by atoms with Gasteiger partial charge < -0.3 is 10.1 Å². The van der Waals surface area contributed by atoms with E-state index >= 15 is 0 Å². The van der Waals surface area contributed by atoms with Crippen LogP contribution in [0.1, 0.15) is 32.3 Å². The Morgan fingerprint density at radius 1 is 1.29 bits per heavy atom. The van der Waals surface area contributed by atoms with Crippen LogP contribution in [0.4, 0.5) is 0 Å². The van der Waals surface area contributed by atoms with Gasteiger partial charge in [0.1, 0.15) is 5.75 Å². The molecule has 0 atom stereocenters. The van der Waals surface area contributed by atoms with Crippen molar-refractivity contribution in [1.29, 1.82) is 0 Å². The van der Waals surface area contributed by atoms with Crippen LogP contribution in [0.3, 0.4) is 0 Å². The molecule has 3 heteroatoms. The molecule has 1 rings (SSSR count). The summed E-state index contributed by atoms with van der Waals surface area (Å²) >= 11 is 5.95. The molecule has 0 saturated carbocycles. The van der Waals surface area contributed by atoms with Gasteiger partial charge in [-0.1, -0.05) is 25.4 Å². The van der Waals surface area contributed by atoms with Gasteiger partial charge in [-0.05, 0) is 50.1 Å². The molecule has 0 aliphatic carbocycles. The SMILES string of the molecule is Cc1cc(OCCCCNC(C)C)ccc1Cl. The summed E-state index contributed by atoms with van der Waals surface area (Å²) in [5.74, 6) is 0.906. The normalized spacial score (nSPS) is 10.9. The molecular weight excluding hydrogens is 234 g/mol. The average molecular weight is 256 g/mol. The van der Waals surface area contributed by atoms with Crippen molar-refractivity contribution in [2.75, 3.05) is 13.2 Å². The lowest BCUT2D eigenvalue weighted by Crippen LogP contribution is -2.23. The largest absolute Gasteiger partial charge is 0.494 e. The first-order valence-corrected chi connectivity index (χ1v) is 6.59. The topological polar surface area (TPSA) is 21.3 Å². The van der Waals surface area contributed by atoms with Gasteiger partial charge in [-0.15, -0.1) is 0 Å². The number of rotatable bonds is 7. The summed E-state index contributed by atoms with van der Waals surface area (Å²) in [4.78, 5) is 0. The number of hydrogen-bond donors (Lipinski definition) is 1. The smallest absolute Gasteiger partial charge is 0.119 e. The summed E-state index contributed by atoms with van der Waals surface area (Å²) in [6, 6.07) is 6.35. The number of hydrogen-bond acceptors (Lipinski definition) is 2. The molecule has 0 amide bonds. The maximum Gasteiger partial charge on any atom is 0.119 e. The zero-order valence-corrected chi connectivity index (χ0v) is 11.7. The van der Waals surface area contributed by atoms with E-state index in [-0.39, 0.29) is 0 Å². The van der Waals surface area contributed by atoms with Gasteiger partial charge in [-0.2, -0.15) is 0 Å². The molecule has 0 aromatic heterocycles. The summed E-state index contributed by atoms with van der Waals surface area (Å²) in [5.41, 5.74) is 1.06. The molecule has 1 aromatic rings. The summed E-state index contributed by atoms with van der Waals surface area (Å²) in [6.45, 7) is 8.13. The van der Waals surface area contributed by atoms with E-state index in [0.29, 0.717) is 6.04 Å². The van der Waals surface area contributed by atoms with E-state index in [0.717, 1.165) is 42.3 Å². The third-order valence-corrected chi connectivity index (χ3v) is 2.95. The van der Waals surface area contributed by atoms with Gasteiger partial charge in [0.2, 0.25) is 0 Å². The molecule has 0 bridgehead atoms. The van der Waals surface area contributed by atoms with Crippen LogP contribution < -0.4 is 10.1 Å². The van der Waals surface area contributed by atoms with E-state index in [1.165, 1.54) is 0 Å². The van der Waals surface area contributed by atoms with Gasteiger partial charge in [0, 0.05) is 11.1 Å². The average Bonchev–Trinajstić information content (AvgIpc) is 2.27. The van der Waals surface area contributed by atoms with Crippen LogP contribution in [0, 0.1) is 6.92 Å². The Hall–Kier alpha value is -0.730. The maximum atomic E-state index is 5.95. The molecule has 0 aliphatic rings. The van der Waals surface area contributed by atoms with Crippen molar-refractivity contribution in [2.24, 2.45) is 0 Å². The van der Waals surface area contributed by atoms with Crippen molar-refractivity contribution in [3.63, 3.8) is 0 Å². The van der Waals surface area contributed by atoms with Crippen LogP contribution in [-0.2, 0) is 0 Å². The fourth-order valence-corrected chi connectivity index (χ4v) is 1.63. The lowest BCUT2D eigenvalue weighted by atomic mass is 10.2. The first-order chi connectivity index (χ1) is 8.09. The Labute approximate surface area is 109 Å². The monoisotopic (exact) mass is 255 g/mol. The minimum Gasteiger partial charge on any atom is -0.494 e. The van der Waals surface area contributed by atoms with Crippen LogP contribution in [0.25, 0.3) is 0 Å². The molecule has 2 nitrogen and oxygen atoms in total. The maximum absolute atomic E-state index is 5.95. The van der Waals surface area contributed by atoms with Crippen molar-refractivity contribution >= 4 is 11.6 Å². The van der Waals surface area contributed by atoms with Crippen LogP contribution in [-0.4, -0.2) is 19.2 Å². The molecule has 0 heterocycles. The number of benzene rings is 1. The zero-order chi connectivity index (χ0) is 12.7. The van der Waals surface area contributed by atoms with Crippen molar-refractivity contribution in [3.05, 3.63) is 28.8 Å². The predicted molar refractivity (Wildman–Crippen MR) is 74.1 cm³/mol. The second-order valence-corrected chi connectivity index (χ2v) is 4.98. The van der Waals surface area contributed by atoms with Gasteiger partial charge in [-0.3, -0.25) is 0 Å². The van der Waals surface area contributed by atoms with Crippen molar-refractivity contribution < 1.29 is 4.74 Å². The zero-order valence-electron chi connectivity index (χ0n) is 10.9. The highest BCUT2D eigenvalue weighted by molar-refractivity contribution is 6.31. The minimum atomic E-state index is 0.565. The first-order valence-electron chi connectivity index (χ1n) is 6.22. The van der Waals surface area contributed by atoms with Crippen LogP contribution in [0.5, 0.6) is 5.75 Å². The lowest BCUT2D eigenvalue weighted by molar-refractivity contribution is 0.305. The Kier molecular flexibility index (Phi) is 6.38. The Morgan fingerprint density at radius 2 is 2.06 bits per heavy atom. The number of unbranched alkanes of at least 4 members (excludes halogenated alkanes) is 1. The fraction of sp³-hybridized carbons (Fsp3) is 0.571. The number of nitrogens with one attached hydrogen (secondary N) is 1. The summed E-state index contributed by atoms with van der Waals surface area (Å²) in [6.07, 6.45) is 2.21. The lowest BCUT2D eigenvalue weighted by Gasteiger charge is -2.09. The van der Waals surface area contributed by atoms with E-state index in [2.05, 4.69) is 19.2 Å². The highest BCUT2D eigenvalue weighted by atomic mass is 35.5. The third-order valence-electron chi connectivity index (χ3n) is 2.52. The van der Waals surface area contributed by atoms with Crippen LogP contribution in [0.2, 0.25) is 5.02 Å². The highest BCUT2D eigenvalue weighted by Gasteiger charge is 1.98. The summed E-state index contributed by atoms with van der Waals surface area (Å²) in [7, 11) is 0. The molecule has 96 valence electrons. The fourth-order valence-electron chi connectivity index (χ4n) is 1.51. The van der Waals surface area contributed by atoms with Gasteiger partial charge in [0.25, 0.3) is 0 Å². The molecular formula is C14H22ClNO. The summed E-state index contributed by atoms with van der Waals surface area (Å²) in [5, 5.41) is 4.18. The molecule has 0 fully saturated rings. The molecule has 17 heavy (non-hydrogen) atoms. The van der Waals surface area contributed by atoms with Gasteiger partial charge in [-0.25, -0.2) is 0 Å². The number of ether oxygens (including phenoxy) is 1. The Balaban J connectivity index is 2.16. The molecule has 0 unspecified atom stereocenters. The van der Waals surface area contributed by atoms with Crippen LogP contribution in [0.15, 0.2) is 18.2 Å². The van der Waals surface area contributed by atoms with E-state index in [1.807, 2.05) is 25.1 Å². The molecule has 0 saturated heterocycles. The predicted octanol–water partition coefficient (Wildman–Crippen LogP) is 3.81. The van der Waals surface area contributed by atoms with E-state index < -0.39 is 0 Å². The van der Waals surface area contributed by atoms with Gasteiger partial charge in [0.15, 0.2) is 0 Å². The molecule has 0 aliphatic heterocycles. The first kappa shape index (κ1) is 14.3. The van der Waals surface area contributed by atoms with Gasteiger partial charge in [0.05, 0.1) is 6.61 Å². The van der Waals surface area contributed by atoms with Crippen molar-refractivity contribution in [2.45, 2.75) is 39.7 Å². The van der Waals surface area contributed by atoms with E-state index in [9.17, 15) is 0 Å². The molecule has 1 aromatic carbocycles. The quantitative estimate of drug-likeness (QED) is 0.749. The molecule has 1 N–H and O–H groups in total. The second-order valence-electron chi connectivity index (χ2n) is 4.58. The standard InChI is InChI=1S/C14H22ClNO/c1-11(2)16-8-4-5-9-17-13-6-7-14(15)12(3)10-13/h6-7,10-11,16H,4-5,8-9H2,1-3H3. The Morgan fingerprint density at radius 3 is 2.71 bits per heavy atom. The van der Waals surface area contributed by atoms with Crippen molar-refractivity contribution in [3.8, 4) is 5.75 Å². The van der Waals surface area contributed by atoms with Gasteiger partial charge >= 0.3 is 0 Å². The Bertz CT molecular complexity index is 339. The summed E-state index contributed by atoms with van der Waals surface area (Å²) < 4.78 is 5.66. The molecule has 0 spiro atoms. The van der Waals surface area contributed by atoms with E-state index in [4.69, 9.17) is 16.3 Å². The minimum absolute atomic E-state index is 0.565.